The van der Waals surface area contributed by atoms with Gasteiger partial charge in [0.1, 0.15) is 0 Å². The molecule has 94 valence electrons. The molecule has 2 heterocycles. The Hall–Kier alpha value is -0.120. The van der Waals surface area contributed by atoms with Crippen molar-refractivity contribution in [3.8, 4) is 0 Å². The van der Waals surface area contributed by atoms with Crippen LogP contribution < -0.4 is 5.32 Å². The molecule has 0 bridgehead atoms. The highest BCUT2D eigenvalue weighted by Gasteiger charge is 2.24. The largest absolute Gasteiger partial charge is 0.377 e. The first-order valence-electron chi connectivity index (χ1n) is 6.85. The zero-order valence-electron chi connectivity index (χ0n) is 10.7. The molecule has 0 amide bonds. The number of hydrogen-bond donors (Lipinski definition) is 1. The molecule has 2 saturated heterocycles. The second-order valence-corrected chi connectivity index (χ2v) is 5.37. The summed E-state index contributed by atoms with van der Waals surface area (Å²) < 4.78 is 5.61. The Morgan fingerprint density at radius 3 is 2.88 bits per heavy atom. The predicted octanol–water partition coefficient (Wildman–Crippen LogP) is 1.63. The van der Waals surface area contributed by atoms with Crippen LogP contribution in [0, 0.1) is 0 Å². The quantitative estimate of drug-likeness (QED) is 0.771. The number of nitrogens with one attached hydrogen (secondary N) is 1. The number of likely N-dealkylation sites (tertiary alicyclic amines) is 1. The van der Waals surface area contributed by atoms with E-state index in [1.165, 1.54) is 32.2 Å². The van der Waals surface area contributed by atoms with Gasteiger partial charge in [-0.1, -0.05) is 0 Å². The summed E-state index contributed by atoms with van der Waals surface area (Å²) in [5, 5.41) is 3.56. The minimum Gasteiger partial charge on any atom is -0.377 e. The highest BCUT2D eigenvalue weighted by molar-refractivity contribution is 4.81. The molecule has 0 aliphatic carbocycles. The van der Waals surface area contributed by atoms with E-state index in [9.17, 15) is 0 Å². The van der Waals surface area contributed by atoms with Crippen LogP contribution in [0.15, 0.2) is 0 Å². The summed E-state index contributed by atoms with van der Waals surface area (Å²) in [5.41, 5.74) is 0. The highest BCUT2D eigenvalue weighted by Crippen LogP contribution is 2.19. The Morgan fingerprint density at radius 1 is 1.38 bits per heavy atom. The second-order valence-electron chi connectivity index (χ2n) is 5.37. The van der Waals surface area contributed by atoms with E-state index in [-0.39, 0.29) is 0 Å². The summed E-state index contributed by atoms with van der Waals surface area (Å²) in [6.45, 7) is 9.07. The maximum absolute atomic E-state index is 5.61. The van der Waals surface area contributed by atoms with E-state index in [0.29, 0.717) is 12.1 Å². The zero-order valence-corrected chi connectivity index (χ0v) is 10.7. The molecule has 16 heavy (non-hydrogen) atoms. The summed E-state index contributed by atoms with van der Waals surface area (Å²) in [6.07, 6.45) is 5.70. The van der Waals surface area contributed by atoms with Crippen molar-refractivity contribution in [3.63, 3.8) is 0 Å². The molecule has 2 fully saturated rings. The van der Waals surface area contributed by atoms with Gasteiger partial charge < -0.3 is 10.1 Å². The third-order valence-electron chi connectivity index (χ3n) is 4.01. The summed E-state index contributed by atoms with van der Waals surface area (Å²) >= 11 is 0. The first-order valence-corrected chi connectivity index (χ1v) is 6.85. The Kier molecular flexibility index (Phi) is 4.62. The van der Waals surface area contributed by atoms with Gasteiger partial charge in [0.25, 0.3) is 0 Å². The zero-order chi connectivity index (χ0) is 11.4. The summed E-state index contributed by atoms with van der Waals surface area (Å²) in [6, 6.07) is 1.44. The van der Waals surface area contributed by atoms with Crippen molar-refractivity contribution in [2.75, 3.05) is 26.2 Å². The lowest BCUT2D eigenvalue weighted by Gasteiger charge is -2.29. The Balaban J connectivity index is 1.61. The van der Waals surface area contributed by atoms with Gasteiger partial charge >= 0.3 is 0 Å². The molecule has 0 spiro atoms. The maximum atomic E-state index is 5.61. The van der Waals surface area contributed by atoms with E-state index < -0.39 is 0 Å². The van der Waals surface area contributed by atoms with Gasteiger partial charge in [0.05, 0.1) is 6.10 Å². The standard InChI is InChI=1S/C13H26N2O/c1-11-5-3-7-15(11)12(2)9-14-10-13-6-4-8-16-13/h11-14H,3-10H2,1-2H3. The molecule has 2 aliphatic heterocycles. The van der Waals surface area contributed by atoms with E-state index in [1.807, 2.05) is 0 Å². The monoisotopic (exact) mass is 226 g/mol. The molecular formula is C13H26N2O. The second kappa shape index (κ2) is 5.99. The number of nitrogens with zero attached hydrogens (tertiary/aromatic N) is 1. The predicted molar refractivity (Wildman–Crippen MR) is 66.7 cm³/mol. The van der Waals surface area contributed by atoms with Crippen LogP contribution in [-0.4, -0.2) is 49.3 Å². The van der Waals surface area contributed by atoms with Crippen molar-refractivity contribution in [1.82, 2.24) is 10.2 Å². The lowest BCUT2D eigenvalue weighted by Crippen LogP contribution is -2.43. The molecule has 3 heteroatoms. The van der Waals surface area contributed by atoms with Crippen molar-refractivity contribution in [1.29, 1.82) is 0 Å². The fourth-order valence-corrected chi connectivity index (χ4v) is 2.99. The van der Waals surface area contributed by atoms with Crippen LogP contribution in [0.1, 0.15) is 39.5 Å². The van der Waals surface area contributed by atoms with Gasteiger partial charge in [-0.2, -0.15) is 0 Å². The number of ether oxygens (including phenoxy) is 1. The van der Waals surface area contributed by atoms with Gasteiger partial charge in [-0.3, -0.25) is 4.90 Å². The van der Waals surface area contributed by atoms with E-state index in [1.54, 1.807) is 0 Å². The number of rotatable bonds is 5. The van der Waals surface area contributed by atoms with Crippen LogP contribution in [0.2, 0.25) is 0 Å². The van der Waals surface area contributed by atoms with E-state index in [0.717, 1.165) is 25.7 Å². The third-order valence-corrected chi connectivity index (χ3v) is 4.01. The average molecular weight is 226 g/mol. The molecule has 0 radical (unpaired) electrons. The van der Waals surface area contributed by atoms with E-state index >= 15 is 0 Å². The molecule has 1 N–H and O–H groups in total. The van der Waals surface area contributed by atoms with Crippen molar-refractivity contribution < 1.29 is 4.74 Å². The lowest BCUT2D eigenvalue weighted by molar-refractivity contribution is 0.107. The van der Waals surface area contributed by atoms with Gasteiger partial charge in [0.2, 0.25) is 0 Å². The van der Waals surface area contributed by atoms with Crippen LogP contribution >= 0.6 is 0 Å². The lowest BCUT2D eigenvalue weighted by atomic mass is 10.2. The number of hydrogen-bond acceptors (Lipinski definition) is 3. The van der Waals surface area contributed by atoms with Crippen molar-refractivity contribution >= 4 is 0 Å². The van der Waals surface area contributed by atoms with Gasteiger partial charge in [0.15, 0.2) is 0 Å². The van der Waals surface area contributed by atoms with Crippen LogP contribution in [0.5, 0.6) is 0 Å². The maximum Gasteiger partial charge on any atom is 0.0700 e. The molecule has 2 aliphatic rings. The van der Waals surface area contributed by atoms with E-state index in [4.69, 9.17) is 4.74 Å². The van der Waals surface area contributed by atoms with Crippen LogP contribution in [-0.2, 0) is 4.74 Å². The van der Waals surface area contributed by atoms with Crippen molar-refractivity contribution in [2.45, 2.75) is 57.7 Å². The molecule has 2 rings (SSSR count). The molecular weight excluding hydrogens is 200 g/mol. The van der Waals surface area contributed by atoms with Crippen LogP contribution in [0.4, 0.5) is 0 Å². The Morgan fingerprint density at radius 2 is 2.25 bits per heavy atom. The molecule has 0 aromatic heterocycles. The third kappa shape index (κ3) is 3.19. The summed E-state index contributed by atoms with van der Waals surface area (Å²) in [7, 11) is 0. The van der Waals surface area contributed by atoms with Crippen molar-refractivity contribution in [3.05, 3.63) is 0 Å². The van der Waals surface area contributed by atoms with Gasteiger partial charge in [-0.05, 0) is 46.1 Å². The summed E-state index contributed by atoms with van der Waals surface area (Å²) in [4.78, 5) is 2.63. The molecule has 3 atom stereocenters. The van der Waals surface area contributed by atoms with Crippen LogP contribution in [0.25, 0.3) is 0 Å². The normalized spacial score (nSPS) is 33.4. The Bertz CT molecular complexity index is 204. The minimum absolute atomic E-state index is 0.475. The van der Waals surface area contributed by atoms with Gasteiger partial charge in [0, 0.05) is 31.8 Å². The first kappa shape index (κ1) is 12.3. The minimum atomic E-state index is 0.475. The highest BCUT2D eigenvalue weighted by atomic mass is 16.5. The fourth-order valence-electron chi connectivity index (χ4n) is 2.99. The van der Waals surface area contributed by atoms with Crippen LogP contribution in [0.3, 0.4) is 0 Å². The average Bonchev–Trinajstić information content (AvgIpc) is 2.88. The topological polar surface area (TPSA) is 24.5 Å². The fraction of sp³-hybridized carbons (Fsp3) is 1.00. The smallest absolute Gasteiger partial charge is 0.0700 e. The Labute approximate surface area is 99.5 Å². The molecule has 3 nitrogen and oxygen atoms in total. The van der Waals surface area contributed by atoms with Gasteiger partial charge in [-0.25, -0.2) is 0 Å². The molecule has 3 unspecified atom stereocenters. The van der Waals surface area contributed by atoms with Gasteiger partial charge in [-0.15, -0.1) is 0 Å². The first-order chi connectivity index (χ1) is 7.77. The summed E-state index contributed by atoms with van der Waals surface area (Å²) in [5.74, 6) is 0. The van der Waals surface area contributed by atoms with E-state index in [2.05, 4.69) is 24.1 Å². The molecule has 0 aromatic rings. The SMILES string of the molecule is CC1CCCN1C(C)CNCC1CCCO1. The molecule has 0 aromatic carbocycles. The molecule has 0 saturated carbocycles. The van der Waals surface area contributed by atoms with Crippen molar-refractivity contribution in [2.24, 2.45) is 0 Å².